The van der Waals surface area contributed by atoms with E-state index in [0.717, 1.165) is 17.9 Å². The summed E-state index contributed by atoms with van der Waals surface area (Å²) in [5.41, 5.74) is 2.39. The van der Waals surface area contributed by atoms with Gasteiger partial charge in [-0.2, -0.15) is 0 Å². The zero-order valence-corrected chi connectivity index (χ0v) is 12.9. The number of benzene rings is 2. The average molecular weight is 298 g/mol. The maximum atomic E-state index is 12.5. The molecule has 0 aromatic heterocycles. The summed E-state index contributed by atoms with van der Waals surface area (Å²) in [5.74, 6) is 2.17. The van der Waals surface area contributed by atoms with E-state index in [1.165, 1.54) is 16.0 Å². The summed E-state index contributed by atoms with van der Waals surface area (Å²) in [6.45, 7) is 0. The van der Waals surface area contributed by atoms with Gasteiger partial charge >= 0.3 is 0 Å². The lowest BCUT2D eigenvalue weighted by molar-refractivity contribution is -0.120. The minimum atomic E-state index is 0.0736. The zero-order valence-electron chi connectivity index (χ0n) is 12.0. The molecule has 0 spiro atoms. The number of hydrogen-bond donors (Lipinski definition) is 0. The van der Waals surface area contributed by atoms with Crippen molar-refractivity contribution in [2.75, 3.05) is 12.9 Å². The summed E-state index contributed by atoms with van der Waals surface area (Å²) in [6, 6.07) is 16.2. The van der Waals surface area contributed by atoms with Gasteiger partial charge in [0.15, 0.2) is 0 Å². The second kappa shape index (κ2) is 6.35. The molecule has 2 aromatic carbocycles. The first-order chi connectivity index (χ1) is 10.3. The third kappa shape index (κ3) is 3.13. The molecule has 1 atom stereocenters. The van der Waals surface area contributed by atoms with Crippen LogP contribution in [0.3, 0.4) is 0 Å². The van der Waals surface area contributed by atoms with Crippen LogP contribution in [0.4, 0.5) is 0 Å². The topological polar surface area (TPSA) is 26.3 Å². The fourth-order valence-electron chi connectivity index (χ4n) is 2.66. The lowest BCUT2D eigenvalue weighted by Crippen LogP contribution is -2.12. The highest BCUT2D eigenvalue weighted by molar-refractivity contribution is 7.99. The van der Waals surface area contributed by atoms with Gasteiger partial charge in [-0.15, -0.1) is 11.8 Å². The highest BCUT2D eigenvalue weighted by atomic mass is 32.2. The normalized spacial score (nSPS) is 16.5. The Morgan fingerprint density at radius 1 is 1.19 bits per heavy atom. The summed E-state index contributed by atoms with van der Waals surface area (Å²) >= 11 is 1.79. The molecule has 0 radical (unpaired) electrons. The standard InChI is InChI=1S/C18H18O2S/c1-20-14-9-6-13(7-10-14)8-11-17(19)16-12-21-18-5-3-2-4-15(16)18/h2-7,9-10,16H,8,11-12H2,1H3. The maximum Gasteiger partial charge on any atom is 0.141 e. The highest BCUT2D eigenvalue weighted by Crippen LogP contribution is 2.40. The van der Waals surface area contributed by atoms with E-state index in [0.29, 0.717) is 12.2 Å². The quantitative estimate of drug-likeness (QED) is 0.832. The number of ketones is 1. The molecule has 0 saturated heterocycles. The van der Waals surface area contributed by atoms with Gasteiger partial charge in [-0.25, -0.2) is 0 Å². The summed E-state index contributed by atoms with van der Waals surface area (Å²) in [5, 5.41) is 0. The van der Waals surface area contributed by atoms with Gasteiger partial charge in [-0.05, 0) is 35.7 Å². The summed E-state index contributed by atoms with van der Waals surface area (Å²) in [4.78, 5) is 13.7. The fraction of sp³-hybridized carbons (Fsp3) is 0.278. The van der Waals surface area contributed by atoms with Crippen molar-refractivity contribution in [1.82, 2.24) is 0 Å². The molecule has 0 saturated carbocycles. The van der Waals surface area contributed by atoms with E-state index in [2.05, 4.69) is 12.1 Å². The van der Waals surface area contributed by atoms with Crippen LogP contribution in [0.15, 0.2) is 53.4 Å². The third-order valence-electron chi connectivity index (χ3n) is 3.91. The molecule has 3 rings (SSSR count). The van der Waals surface area contributed by atoms with E-state index in [-0.39, 0.29) is 5.92 Å². The van der Waals surface area contributed by atoms with Crippen molar-refractivity contribution < 1.29 is 9.53 Å². The van der Waals surface area contributed by atoms with Crippen LogP contribution in [0, 0.1) is 0 Å². The number of fused-ring (bicyclic) bond motifs is 1. The largest absolute Gasteiger partial charge is 0.497 e. The first-order valence-corrected chi connectivity index (χ1v) is 8.14. The number of Topliss-reactive ketones (excluding diaryl/α,β-unsaturated/α-hetero) is 1. The van der Waals surface area contributed by atoms with Crippen molar-refractivity contribution in [1.29, 1.82) is 0 Å². The molecule has 21 heavy (non-hydrogen) atoms. The van der Waals surface area contributed by atoms with Crippen LogP contribution < -0.4 is 4.74 Å². The predicted molar refractivity (Wildman–Crippen MR) is 86.2 cm³/mol. The van der Waals surface area contributed by atoms with E-state index < -0.39 is 0 Å². The molecule has 0 bridgehead atoms. The van der Waals surface area contributed by atoms with Gasteiger partial charge in [0.1, 0.15) is 11.5 Å². The van der Waals surface area contributed by atoms with E-state index in [4.69, 9.17) is 4.74 Å². The number of aryl methyl sites for hydroxylation is 1. The Hall–Kier alpha value is -1.74. The first kappa shape index (κ1) is 14.2. The van der Waals surface area contributed by atoms with Gasteiger partial charge < -0.3 is 4.74 Å². The van der Waals surface area contributed by atoms with Crippen molar-refractivity contribution in [2.24, 2.45) is 0 Å². The number of ether oxygens (including phenoxy) is 1. The molecule has 2 nitrogen and oxygen atoms in total. The highest BCUT2D eigenvalue weighted by Gasteiger charge is 2.28. The molecule has 1 aliphatic heterocycles. The molecule has 3 heteroatoms. The average Bonchev–Trinajstić information content (AvgIpc) is 2.97. The van der Waals surface area contributed by atoms with Crippen LogP contribution in [0.2, 0.25) is 0 Å². The molecular formula is C18H18O2S. The molecule has 0 aliphatic carbocycles. The number of thioether (sulfide) groups is 1. The Morgan fingerprint density at radius 3 is 2.71 bits per heavy atom. The van der Waals surface area contributed by atoms with Crippen molar-refractivity contribution in [2.45, 2.75) is 23.7 Å². The smallest absolute Gasteiger partial charge is 0.141 e. The van der Waals surface area contributed by atoms with Crippen LogP contribution >= 0.6 is 11.8 Å². The molecule has 108 valence electrons. The van der Waals surface area contributed by atoms with Crippen molar-refractivity contribution in [3.63, 3.8) is 0 Å². The van der Waals surface area contributed by atoms with Gasteiger partial charge in [-0.1, -0.05) is 30.3 Å². The molecule has 0 fully saturated rings. The van der Waals surface area contributed by atoms with Crippen LogP contribution in [0.1, 0.15) is 23.5 Å². The number of hydrogen-bond acceptors (Lipinski definition) is 3. The van der Waals surface area contributed by atoms with Crippen LogP contribution in [0.5, 0.6) is 5.75 Å². The van der Waals surface area contributed by atoms with Gasteiger partial charge in [0.25, 0.3) is 0 Å². The van der Waals surface area contributed by atoms with Gasteiger partial charge in [-0.3, -0.25) is 4.79 Å². The second-order valence-electron chi connectivity index (χ2n) is 5.22. The van der Waals surface area contributed by atoms with Gasteiger partial charge in [0.2, 0.25) is 0 Å². The maximum absolute atomic E-state index is 12.5. The van der Waals surface area contributed by atoms with E-state index in [1.54, 1.807) is 18.9 Å². The number of methoxy groups -OCH3 is 1. The van der Waals surface area contributed by atoms with Crippen molar-refractivity contribution >= 4 is 17.5 Å². The first-order valence-electron chi connectivity index (χ1n) is 7.15. The number of rotatable bonds is 5. The third-order valence-corrected chi connectivity index (χ3v) is 5.09. The molecule has 0 N–H and O–H groups in total. The Labute approximate surface area is 129 Å². The Bertz CT molecular complexity index is 634. The van der Waals surface area contributed by atoms with E-state index >= 15 is 0 Å². The van der Waals surface area contributed by atoms with E-state index in [9.17, 15) is 4.79 Å². The molecular weight excluding hydrogens is 280 g/mol. The SMILES string of the molecule is COc1ccc(CCC(=O)C2CSc3ccccc32)cc1. The Morgan fingerprint density at radius 2 is 1.95 bits per heavy atom. The summed E-state index contributed by atoms with van der Waals surface area (Å²) in [6.07, 6.45) is 1.40. The number of carbonyl (C=O) groups excluding carboxylic acids is 1. The molecule has 1 unspecified atom stereocenters. The summed E-state index contributed by atoms with van der Waals surface area (Å²) in [7, 11) is 1.66. The molecule has 1 heterocycles. The Kier molecular flexibility index (Phi) is 4.30. The predicted octanol–water partition coefficient (Wildman–Crippen LogP) is 4.09. The van der Waals surface area contributed by atoms with Gasteiger partial charge in [0.05, 0.1) is 13.0 Å². The monoisotopic (exact) mass is 298 g/mol. The minimum absolute atomic E-state index is 0.0736. The van der Waals surface area contributed by atoms with Crippen LogP contribution in [0.25, 0.3) is 0 Å². The lowest BCUT2D eigenvalue weighted by atomic mass is 9.93. The molecule has 0 amide bonds. The Balaban J connectivity index is 1.62. The summed E-state index contributed by atoms with van der Waals surface area (Å²) < 4.78 is 5.15. The number of carbonyl (C=O) groups is 1. The second-order valence-corrected chi connectivity index (χ2v) is 6.28. The lowest BCUT2D eigenvalue weighted by Gasteiger charge is -2.10. The van der Waals surface area contributed by atoms with Crippen molar-refractivity contribution in [3.8, 4) is 5.75 Å². The molecule has 1 aliphatic rings. The van der Waals surface area contributed by atoms with Crippen molar-refractivity contribution in [3.05, 3.63) is 59.7 Å². The van der Waals surface area contributed by atoms with Crippen LogP contribution in [-0.2, 0) is 11.2 Å². The van der Waals surface area contributed by atoms with Gasteiger partial charge in [0, 0.05) is 17.1 Å². The zero-order chi connectivity index (χ0) is 14.7. The van der Waals surface area contributed by atoms with Crippen LogP contribution in [-0.4, -0.2) is 18.6 Å². The molecule has 2 aromatic rings. The fourth-order valence-corrected chi connectivity index (χ4v) is 3.93. The minimum Gasteiger partial charge on any atom is -0.497 e. The van der Waals surface area contributed by atoms with E-state index in [1.807, 2.05) is 36.4 Å².